The molecule has 23 N–H and O–H groups in total. The fourth-order valence-electron chi connectivity index (χ4n) is 16.1. The normalized spacial score (nSPS) is 30.0. The van der Waals surface area contributed by atoms with Crippen LogP contribution in [0.15, 0.2) is 140 Å². The topological polar surface area (TPSA) is 567 Å². The number of carbonyl (C=O) groups is 8. The van der Waals surface area contributed by atoms with Crippen molar-refractivity contribution in [3.05, 3.63) is 178 Å². The van der Waals surface area contributed by atoms with Crippen molar-refractivity contribution >= 4 is 58.9 Å². The zero-order valence-corrected chi connectivity index (χ0v) is 68.6. The zero-order valence-electron chi connectivity index (χ0n) is 67.8. The molecular formula is C86H100ClN11O25. The Hall–Kier alpha value is -11.2. The van der Waals surface area contributed by atoms with Crippen LogP contribution >= 0.6 is 11.6 Å². The number of ether oxygens (including phenoxy) is 8. The van der Waals surface area contributed by atoms with Crippen LogP contribution in [0.3, 0.4) is 0 Å². The van der Waals surface area contributed by atoms with Gasteiger partial charge < -0.3 is 144 Å². The van der Waals surface area contributed by atoms with Gasteiger partial charge in [-0.1, -0.05) is 110 Å². The fourth-order valence-corrected chi connectivity index (χ4v) is 16.3. The van der Waals surface area contributed by atoms with Crippen LogP contribution in [0.2, 0.25) is 5.02 Å². The third-order valence-electron chi connectivity index (χ3n) is 22.6. The van der Waals surface area contributed by atoms with Crippen LogP contribution in [0, 0.1) is 5.92 Å². The standard InChI is InChI=1S/C86H100ClN11O25/c1-37(2)26-51(91-7)77(109)97-67-69(104)44-22-25-55(50(87)27-44)119-57-29-45-28-56(73(57)123-84-74(71(106)70(105)58(36-99)120-84)122-61-34-86(6,90)76(108)39(4)117-61)118-47-23-20-43(21-24-47)72(121-60-33-85(5,89)75(107)38(3)116-60)68-83(115)96-66(79(111)92-35-40-16-18-42(19-17-40)41-12-9-8-10-13-41)49-30-46(100)31-54(102)63(49)62-48(14-11-15-53(62)101)65(81(113)98-68)95-80(112)64(45)94-78(110)52(32-59(88)103)93-82(67)114/h8-25,27-31,37-39,51-52,58,60-61,64-72,74-76,84,91,99-102,104-108H,26,32-36,89-90H2,1-7H3,(H2,88,103)(H,92,111)(H,93,114)(H,94,110)(H,95,112)(H,96,115)(H,97,109)(H,98,113)/t38-,39+,51?,52?,58-,60-,61+,64?,65?,66?,67?,68?,69?,70-,71+,72?,74-,75-,76-,84+,85?,86+/m1/s1. The summed E-state index contributed by atoms with van der Waals surface area (Å²) >= 11 is 7.20. The highest BCUT2D eigenvalue weighted by atomic mass is 35.5. The third kappa shape index (κ3) is 19.6. The number of hydrogen-bond acceptors (Lipinski definition) is 28. The van der Waals surface area contributed by atoms with Gasteiger partial charge in [0.2, 0.25) is 59.3 Å². The molecule has 10 unspecified atom stereocenters. The Morgan fingerprint density at radius 2 is 1.24 bits per heavy atom. The minimum atomic E-state index is -2.39. The molecule has 0 saturated carbocycles. The summed E-state index contributed by atoms with van der Waals surface area (Å²) in [5, 5.41) is 127. The molecule has 0 aromatic heterocycles. The van der Waals surface area contributed by atoms with E-state index in [1.54, 1.807) is 12.1 Å². The van der Waals surface area contributed by atoms with Crippen molar-refractivity contribution in [2.45, 2.75) is 207 Å². The van der Waals surface area contributed by atoms with Crippen LogP contribution in [0.1, 0.15) is 131 Å². The van der Waals surface area contributed by atoms with E-state index in [2.05, 4.69) is 42.5 Å². The van der Waals surface area contributed by atoms with E-state index in [1.165, 1.54) is 83.3 Å². The zero-order chi connectivity index (χ0) is 88.5. The molecule has 8 amide bonds. The summed E-state index contributed by atoms with van der Waals surface area (Å²) in [7, 11) is 1.48. The number of fused-ring (bicyclic) bond motifs is 14. The van der Waals surface area contributed by atoms with E-state index >= 15 is 28.8 Å². The van der Waals surface area contributed by atoms with Crippen molar-refractivity contribution in [1.29, 1.82) is 0 Å². The minimum Gasteiger partial charge on any atom is -0.508 e. The molecule has 656 valence electrons. The summed E-state index contributed by atoms with van der Waals surface area (Å²) in [6.07, 6.45) is -22.4. The highest BCUT2D eigenvalue weighted by Crippen LogP contribution is 2.51. The van der Waals surface area contributed by atoms with Crippen molar-refractivity contribution in [3.8, 4) is 68.2 Å². The Kier molecular flexibility index (Phi) is 27.0. The average molecular weight is 1720 g/mol. The predicted molar refractivity (Wildman–Crippen MR) is 437 cm³/mol. The van der Waals surface area contributed by atoms with Crippen molar-refractivity contribution in [2.24, 2.45) is 23.1 Å². The van der Waals surface area contributed by atoms with Gasteiger partial charge in [0.1, 0.15) is 95.5 Å². The molecule has 0 spiro atoms. The largest absolute Gasteiger partial charge is 0.508 e. The van der Waals surface area contributed by atoms with Gasteiger partial charge in [0.05, 0.1) is 48.5 Å². The number of benzene rings is 7. The number of likely N-dealkylation sites (N-methyl/N-ethyl adjacent to an activating group) is 1. The Bertz CT molecular complexity index is 5110. The van der Waals surface area contributed by atoms with Crippen molar-refractivity contribution in [2.75, 3.05) is 13.7 Å². The van der Waals surface area contributed by atoms with Gasteiger partial charge in [-0.05, 0) is 140 Å². The highest BCUT2D eigenvalue weighted by molar-refractivity contribution is 6.32. The lowest BCUT2D eigenvalue weighted by Gasteiger charge is -2.47. The van der Waals surface area contributed by atoms with Gasteiger partial charge in [-0.2, -0.15) is 0 Å². The summed E-state index contributed by atoms with van der Waals surface area (Å²) in [6, 6.07) is 18.9. The van der Waals surface area contributed by atoms with Gasteiger partial charge in [-0.25, -0.2) is 0 Å². The van der Waals surface area contributed by atoms with Gasteiger partial charge in [0, 0.05) is 47.7 Å². The second-order valence-corrected chi connectivity index (χ2v) is 32.9. The van der Waals surface area contributed by atoms with E-state index in [-0.39, 0.29) is 59.4 Å². The maximum Gasteiger partial charge on any atom is 0.248 e. The number of carbonyl (C=O) groups excluding carboxylic acids is 8. The number of nitrogens with one attached hydrogen (secondary N) is 8. The van der Waals surface area contributed by atoms with Gasteiger partial charge in [0.15, 0.2) is 30.2 Å². The number of rotatable bonds is 18. The van der Waals surface area contributed by atoms with Crippen LogP contribution in [0.25, 0.3) is 22.3 Å². The van der Waals surface area contributed by atoms with Crippen LogP contribution in [0.5, 0.6) is 46.0 Å². The maximum atomic E-state index is 16.8. The predicted octanol–water partition coefficient (Wildman–Crippen LogP) is 2.59. The van der Waals surface area contributed by atoms with E-state index in [0.29, 0.717) is 5.56 Å². The first kappa shape index (κ1) is 89.6. The molecule has 15 rings (SSSR count). The maximum absolute atomic E-state index is 16.8. The number of primary amides is 1. The summed E-state index contributed by atoms with van der Waals surface area (Å²) in [6.45, 7) is 8.52. The van der Waals surface area contributed by atoms with E-state index < -0.39 is 256 Å². The second kappa shape index (κ2) is 37.1. The molecule has 7 aromatic carbocycles. The van der Waals surface area contributed by atoms with Crippen LogP contribution in [-0.4, -0.2) is 210 Å². The molecule has 3 saturated heterocycles. The molecule has 36 nitrogen and oxygen atoms in total. The van der Waals surface area contributed by atoms with Crippen molar-refractivity contribution in [1.82, 2.24) is 42.5 Å². The molecule has 123 heavy (non-hydrogen) atoms. The van der Waals surface area contributed by atoms with Crippen LogP contribution < -0.4 is 73.9 Å². The lowest BCUT2D eigenvalue weighted by atomic mass is 9.86. The smallest absolute Gasteiger partial charge is 0.248 e. The molecule has 8 aliphatic rings. The first-order valence-electron chi connectivity index (χ1n) is 39.9. The molecule has 9 bridgehead atoms. The summed E-state index contributed by atoms with van der Waals surface area (Å²) in [4.78, 5) is 124. The molecule has 0 aliphatic carbocycles. The monoisotopic (exact) mass is 1720 g/mol. The number of halogens is 1. The Labute approximate surface area is 710 Å². The molecule has 37 heteroatoms. The summed E-state index contributed by atoms with van der Waals surface area (Å²) < 4.78 is 52.4. The van der Waals surface area contributed by atoms with E-state index in [0.717, 1.165) is 47.5 Å². The Balaban J connectivity index is 1.04. The Morgan fingerprint density at radius 1 is 0.626 bits per heavy atom. The minimum absolute atomic E-state index is 0.00773. The molecule has 7 aromatic rings. The van der Waals surface area contributed by atoms with Gasteiger partial charge in [-0.15, -0.1) is 0 Å². The first-order chi connectivity index (χ1) is 58.4. The fraction of sp³-hybridized carbons (Fsp3) is 0.419. The Morgan fingerprint density at radius 3 is 1.87 bits per heavy atom. The molecular weight excluding hydrogens is 1620 g/mol. The lowest BCUT2D eigenvalue weighted by molar-refractivity contribution is -0.333. The number of aromatic hydroxyl groups is 3. The van der Waals surface area contributed by atoms with Gasteiger partial charge in [0.25, 0.3) is 0 Å². The lowest BCUT2D eigenvalue weighted by Crippen LogP contribution is -2.64. The number of aliphatic hydroxyl groups excluding tert-OH is 6. The number of phenolic OH excluding ortho intramolecular Hbond substituents is 3. The third-order valence-corrected chi connectivity index (χ3v) is 22.9. The van der Waals surface area contributed by atoms with Crippen molar-refractivity contribution in [3.63, 3.8) is 0 Å². The molecule has 0 radical (unpaired) electrons. The van der Waals surface area contributed by atoms with Gasteiger partial charge >= 0.3 is 0 Å². The number of nitrogens with two attached hydrogens (primary N) is 3. The molecule has 22 atom stereocenters. The highest BCUT2D eigenvalue weighted by Gasteiger charge is 2.53. The number of phenols is 3. The molecule has 3 fully saturated rings. The number of amides is 8. The number of aliphatic hydroxyl groups is 6. The molecule has 8 heterocycles. The SMILES string of the molecule is CNC(CC(C)C)C(=O)NC1C(=O)NC(CC(N)=O)C(=O)NC2C(=O)NC3C(=O)NC(C(=O)NC(C(=O)NCc4ccc(-c5ccccc5)cc4)c4cc(O)cc(O)c4-c4c(O)cccc43)C(O[C@@H]3CC(C)(N)[C@H](O)[C@@H](C)O3)c3ccc(cc3)Oc3cc2cc(c3O[C@@H]2O[C@H](CO)[C@@H](O)[C@H](O)[C@H]2O[C@H]2C[C@](C)(N)[C@H](O)[C@H](C)O2)Oc2ccc(cc2Cl)C1O. The van der Waals surface area contributed by atoms with Crippen LogP contribution in [0.4, 0.5) is 0 Å². The van der Waals surface area contributed by atoms with E-state index in [1.807, 2.05) is 56.3 Å². The number of hydrogen-bond donors (Lipinski definition) is 20. The quantitative estimate of drug-likeness (QED) is 0.0587. The second-order valence-electron chi connectivity index (χ2n) is 32.5. The van der Waals surface area contributed by atoms with Crippen LogP contribution in [-0.2, 0) is 68.6 Å². The summed E-state index contributed by atoms with van der Waals surface area (Å²) in [5.74, 6) is -14.7. The molecule has 8 aliphatic heterocycles. The van der Waals surface area contributed by atoms with Crippen molar-refractivity contribution < 1.29 is 122 Å². The van der Waals surface area contributed by atoms with E-state index in [4.69, 9.17) is 66.7 Å². The average Bonchev–Trinajstić information content (AvgIpc) is 1.74. The summed E-state index contributed by atoms with van der Waals surface area (Å²) in [5.41, 5.74) is 16.1. The van der Waals surface area contributed by atoms with Gasteiger partial charge in [-0.3, -0.25) is 38.4 Å². The first-order valence-corrected chi connectivity index (χ1v) is 40.3. The van der Waals surface area contributed by atoms with E-state index in [9.17, 15) is 55.5 Å².